The van der Waals surface area contributed by atoms with E-state index in [-0.39, 0.29) is 6.04 Å². The van der Waals surface area contributed by atoms with Crippen LogP contribution in [0, 0.1) is 0 Å². The summed E-state index contributed by atoms with van der Waals surface area (Å²) in [5, 5.41) is 1.21. The van der Waals surface area contributed by atoms with Crippen molar-refractivity contribution in [2.45, 2.75) is 18.9 Å². The van der Waals surface area contributed by atoms with Gasteiger partial charge in [0, 0.05) is 17.6 Å². The van der Waals surface area contributed by atoms with Crippen LogP contribution >= 0.6 is 0 Å². The van der Waals surface area contributed by atoms with Crippen molar-refractivity contribution in [1.82, 2.24) is 4.98 Å². The molecule has 0 saturated heterocycles. The van der Waals surface area contributed by atoms with Gasteiger partial charge in [0.1, 0.15) is 0 Å². The van der Waals surface area contributed by atoms with Crippen molar-refractivity contribution in [2.75, 3.05) is 0 Å². The average molecular weight is 260 g/mol. The number of pyridine rings is 1. The largest absolute Gasteiger partial charge is 0.324 e. The molecular weight excluding hydrogens is 244 g/mol. The molecule has 0 aliphatic heterocycles. The molecule has 1 aliphatic rings. The Morgan fingerprint density at radius 1 is 1.05 bits per heavy atom. The van der Waals surface area contributed by atoms with Crippen LogP contribution in [0.15, 0.2) is 54.7 Å². The summed E-state index contributed by atoms with van der Waals surface area (Å²) in [5.41, 5.74) is 12.4. The number of benzene rings is 2. The molecule has 1 aromatic heterocycles. The Morgan fingerprint density at radius 2 is 2.00 bits per heavy atom. The fourth-order valence-corrected chi connectivity index (χ4v) is 3.17. The maximum Gasteiger partial charge on any atom is 0.0708 e. The van der Waals surface area contributed by atoms with Gasteiger partial charge in [-0.3, -0.25) is 4.98 Å². The highest BCUT2D eigenvalue weighted by Gasteiger charge is 2.19. The zero-order valence-corrected chi connectivity index (χ0v) is 11.2. The van der Waals surface area contributed by atoms with Crippen LogP contribution in [0.1, 0.15) is 23.6 Å². The first-order valence-electron chi connectivity index (χ1n) is 7.05. The van der Waals surface area contributed by atoms with E-state index in [0.717, 1.165) is 18.4 Å². The molecule has 0 amide bonds. The third kappa shape index (κ3) is 1.73. The average Bonchev–Trinajstić information content (AvgIpc) is 2.87. The Labute approximate surface area is 118 Å². The first kappa shape index (κ1) is 11.6. The molecule has 0 radical (unpaired) electrons. The normalized spacial score (nSPS) is 17.4. The first-order valence-corrected chi connectivity index (χ1v) is 7.05. The minimum absolute atomic E-state index is 0.216. The molecule has 2 aromatic carbocycles. The van der Waals surface area contributed by atoms with E-state index in [4.69, 9.17) is 5.73 Å². The Balaban J connectivity index is 1.92. The molecule has 1 heterocycles. The van der Waals surface area contributed by atoms with Gasteiger partial charge in [-0.05, 0) is 47.2 Å². The second-order valence-electron chi connectivity index (χ2n) is 5.43. The van der Waals surface area contributed by atoms with Crippen LogP contribution in [0.25, 0.3) is 22.0 Å². The molecule has 0 spiro atoms. The number of nitrogens with zero attached hydrogens (tertiary/aromatic N) is 1. The summed E-state index contributed by atoms with van der Waals surface area (Å²) in [6.07, 6.45) is 4.00. The lowest BCUT2D eigenvalue weighted by Crippen LogP contribution is -2.04. The second kappa shape index (κ2) is 4.43. The standard InChI is InChI=1S/C18H16N2/c19-17-9-7-13-11-12(6-8-15(13)17)14-3-1-5-18-16(14)4-2-10-20-18/h1-6,8,10-11,17H,7,9,19H2. The summed E-state index contributed by atoms with van der Waals surface area (Å²) < 4.78 is 0. The molecule has 0 bridgehead atoms. The Morgan fingerprint density at radius 3 is 2.95 bits per heavy atom. The minimum atomic E-state index is 0.216. The van der Waals surface area contributed by atoms with Crippen LogP contribution in [0.4, 0.5) is 0 Å². The van der Waals surface area contributed by atoms with Crippen molar-refractivity contribution in [2.24, 2.45) is 5.73 Å². The molecule has 0 saturated carbocycles. The summed E-state index contributed by atoms with van der Waals surface area (Å²) >= 11 is 0. The number of hydrogen-bond donors (Lipinski definition) is 1. The molecule has 0 fully saturated rings. The first-order chi connectivity index (χ1) is 9.83. The van der Waals surface area contributed by atoms with Crippen molar-refractivity contribution in [3.63, 3.8) is 0 Å². The van der Waals surface area contributed by atoms with E-state index >= 15 is 0 Å². The quantitative estimate of drug-likeness (QED) is 0.721. The van der Waals surface area contributed by atoms with E-state index in [0.29, 0.717) is 0 Å². The van der Waals surface area contributed by atoms with Gasteiger partial charge in [0.05, 0.1) is 5.52 Å². The van der Waals surface area contributed by atoms with E-state index < -0.39 is 0 Å². The summed E-state index contributed by atoms with van der Waals surface area (Å²) in [4.78, 5) is 4.43. The highest BCUT2D eigenvalue weighted by atomic mass is 14.6. The van der Waals surface area contributed by atoms with Crippen LogP contribution in [-0.2, 0) is 6.42 Å². The number of fused-ring (bicyclic) bond motifs is 2. The summed E-state index contributed by atoms with van der Waals surface area (Å²) in [6, 6.07) is 17.3. The van der Waals surface area contributed by atoms with Gasteiger partial charge in [-0.25, -0.2) is 0 Å². The lowest BCUT2D eigenvalue weighted by molar-refractivity contribution is 0.713. The van der Waals surface area contributed by atoms with Gasteiger partial charge >= 0.3 is 0 Å². The molecular formula is C18H16N2. The van der Waals surface area contributed by atoms with Crippen LogP contribution in [0.5, 0.6) is 0 Å². The number of aromatic nitrogens is 1. The number of hydrogen-bond acceptors (Lipinski definition) is 2. The van der Waals surface area contributed by atoms with Gasteiger partial charge in [-0.1, -0.05) is 36.4 Å². The smallest absolute Gasteiger partial charge is 0.0708 e. The van der Waals surface area contributed by atoms with E-state index in [1.807, 2.05) is 12.3 Å². The number of rotatable bonds is 1. The molecule has 2 heteroatoms. The van der Waals surface area contributed by atoms with E-state index in [9.17, 15) is 0 Å². The van der Waals surface area contributed by atoms with Gasteiger partial charge in [-0.15, -0.1) is 0 Å². The number of aryl methyl sites for hydroxylation is 1. The van der Waals surface area contributed by atoms with Crippen molar-refractivity contribution in [3.8, 4) is 11.1 Å². The van der Waals surface area contributed by atoms with Gasteiger partial charge < -0.3 is 5.73 Å². The molecule has 2 N–H and O–H groups in total. The van der Waals surface area contributed by atoms with Crippen molar-refractivity contribution in [3.05, 3.63) is 65.9 Å². The van der Waals surface area contributed by atoms with E-state index in [1.54, 1.807) is 0 Å². The maximum atomic E-state index is 6.12. The third-order valence-electron chi connectivity index (χ3n) is 4.22. The zero-order chi connectivity index (χ0) is 13.5. The summed E-state index contributed by atoms with van der Waals surface area (Å²) in [5.74, 6) is 0. The zero-order valence-electron chi connectivity index (χ0n) is 11.2. The summed E-state index contributed by atoms with van der Waals surface area (Å²) in [6.45, 7) is 0. The van der Waals surface area contributed by atoms with Crippen LogP contribution in [-0.4, -0.2) is 4.98 Å². The van der Waals surface area contributed by atoms with Crippen molar-refractivity contribution < 1.29 is 0 Å². The fraction of sp³-hybridized carbons (Fsp3) is 0.167. The Kier molecular flexibility index (Phi) is 2.57. The molecule has 3 aromatic rings. The molecule has 20 heavy (non-hydrogen) atoms. The Hall–Kier alpha value is -2.19. The minimum Gasteiger partial charge on any atom is -0.324 e. The topological polar surface area (TPSA) is 38.9 Å². The van der Waals surface area contributed by atoms with Crippen LogP contribution in [0.3, 0.4) is 0 Å². The lowest BCUT2D eigenvalue weighted by atomic mass is 9.97. The maximum absolute atomic E-state index is 6.12. The van der Waals surface area contributed by atoms with E-state index in [1.165, 1.54) is 27.6 Å². The third-order valence-corrected chi connectivity index (χ3v) is 4.22. The molecule has 98 valence electrons. The fourth-order valence-electron chi connectivity index (χ4n) is 3.17. The summed E-state index contributed by atoms with van der Waals surface area (Å²) in [7, 11) is 0. The highest BCUT2D eigenvalue weighted by Crippen LogP contribution is 2.34. The van der Waals surface area contributed by atoms with Crippen LogP contribution in [0.2, 0.25) is 0 Å². The van der Waals surface area contributed by atoms with Crippen molar-refractivity contribution in [1.29, 1.82) is 0 Å². The molecule has 1 aliphatic carbocycles. The van der Waals surface area contributed by atoms with Crippen molar-refractivity contribution >= 4 is 10.9 Å². The highest BCUT2D eigenvalue weighted by molar-refractivity contribution is 5.94. The second-order valence-corrected chi connectivity index (χ2v) is 5.43. The van der Waals surface area contributed by atoms with Gasteiger partial charge in [0.25, 0.3) is 0 Å². The molecule has 1 unspecified atom stereocenters. The monoisotopic (exact) mass is 260 g/mol. The van der Waals surface area contributed by atoms with Gasteiger partial charge in [-0.2, -0.15) is 0 Å². The van der Waals surface area contributed by atoms with Crippen LogP contribution < -0.4 is 5.73 Å². The van der Waals surface area contributed by atoms with E-state index in [2.05, 4.69) is 47.4 Å². The predicted molar refractivity (Wildman–Crippen MR) is 82.4 cm³/mol. The number of nitrogens with two attached hydrogens (primary N) is 1. The Bertz CT molecular complexity index is 787. The van der Waals surface area contributed by atoms with Gasteiger partial charge in [0.2, 0.25) is 0 Å². The molecule has 4 rings (SSSR count). The van der Waals surface area contributed by atoms with Gasteiger partial charge in [0.15, 0.2) is 0 Å². The lowest BCUT2D eigenvalue weighted by Gasteiger charge is -2.09. The SMILES string of the molecule is NC1CCc2cc(-c3cccc4ncccc34)ccc21. The molecule has 2 nitrogen and oxygen atoms in total. The molecule has 1 atom stereocenters. The predicted octanol–water partition coefficient (Wildman–Crippen LogP) is 3.85.